The first kappa shape index (κ1) is 17.8. The minimum absolute atomic E-state index is 0.0476. The molecule has 1 aromatic rings. The number of rotatable bonds is 6. The third-order valence-electron chi connectivity index (χ3n) is 3.65. The summed E-state index contributed by atoms with van der Waals surface area (Å²) >= 11 is 0. The van der Waals surface area contributed by atoms with Crippen LogP contribution < -0.4 is 10.6 Å². The molecule has 1 atom stereocenters. The van der Waals surface area contributed by atoms with Crippen LogP contribution in [0.4, 0.5) is 18.9 Å². The number of hydrogen-bond acceptors (Lipinski definition) is 2. The van der Waals surface area contributed by atoms with Crippen molar-refractivity contribution >= 4 is 5.69 Å². The standard InChI is InChI=1S/C16H25F3N2/c1-11(2)9-12(3)21(4)15-6-5-13(7-8-20)10-14(15)16(17,18)19/h5-6,10-12H,7-9,20H2,1-4H3. The Morgan fingerprint density at radius 3 is 2.29 bits per heavy atom. The molecule has 0 heterocycles. The number of halogens is 3. The SMILES string of the molecule is CC(C)CC(C)N(C)c1ccc(CCN)cc1C(F)(F)F. The molecule has 0 spiro atoms. The van der Waals surface area contributed by atoms with E-state index >= 15 is 0 Å². The first-order chi connectivity index (χ1) is 9.66. The molecule has 1 rings (SSSR count). The van der Waals surface area contributed by atoms with E-state index in [1.165, 1.54) is 6.07 Å². The number of benzene rings is 1. The van der Waals surface area contributed by atoms with Crippen LogP contribution >= 0.6 is 0 Å². The van der Waals surface area contributed by atoms with Gasteiger partial charge in [-0.05, 0) is 49.9 Å². The summed E-state index contributed by atoms with van der Waals surface area (Å²) in [4.78, 5) is 1.72. The van der Waals surface area contributed by atoms with Gasteiger partial charge in [0.15, 0.2) is 0 Å². The second kappa shape index (κ2) is 7.16. The van der Waals surface area contributed by atoms with E-state index in [2.05, 4.69) is 13.8 Å². The Kier molecular flexibility index (Phi) is 6.08. The molecule has 0 aliphatic carbocycles. The molecule has 0 saturated carbocycles. The normalized spacial score (nSPS) is 13.6. The average Bonchev–Trinajstić information content (AvgIpc) is 2.36. The predicted octanol–water partition coefficient (Wildman–Crippen LogP) is 4.08. The molecule has 1 unspecified atom stereocenters. The van der Waals surface area contributed by atoms with Crippen LogP contribution in [0.1, 0.15) is 38.3 Å². The second-order valence-electron chi connectivity index (χ2n) is 5.98. The van der Waals surface area contributed by atoms with Gasteiger partial charge in [-0.25, -0.2) is 0 Å². The van der Waals surface area contributed by atoms with E-state index in [1.807, 2.05) is 6.92 Å². The van der Waals surface area contributed by atoms with Crippen LogP contribution in [0.3, 0.4) is 0 Å². The Bertz CT molecular complexity index is 455. The highest BCUT2D eigenvalue weighted by atomic mass is 19.4. The smallest absolute Gasteiger partial charge is 0.371 e. The summed E-state index contributed by atoms with van der Waals surface area (Å²) < 4.78 is 39.9. The van der Waals surface area contributed by atoms with Crippen molar-refractivity contribution in [3.63, 3.8) is 0 Å². The summed E-state index contributed by atoms with van der Waals surface area (Å²) in [6, 6.07) is 4.56. The monoisotopic (exact) mass is 302 g/mol. The molecule has 2 nitrogen and oxygen atoms in total. The Balaban J connectivity index is 3.16. The molecule has 2 N–H and O–H groups in total. The molecule has 0 bridgehead atoms. The highest BCUT2D eigenvalue weighted by Gasteiger charge is 2.35. The maximum Gasteiger partial charge on any atom is 0.418 e. The van der Waals surface area contributed by atoms with Gasteiger partial charge in [0.05, 0.1) is 5.56 Å². The lowest BCUT2D eigenvalue weighted by Gasteiger charge is -2.31. The lowest BCUT2D eigenvalue weighted by atomic mass is 10.0. The number of anilines is 1. The maximum absolute atomic E-state index is 13.3. The van der Waals surface area contributed by atoms with Gasteiger partial charge in [-0.2, -0.15) is 13.2 Å². The van der Waals surface area contributed by atoms with Crippen molar-refractivity contribution < 1.29 is 13.2 Å². The van der Waals surface area contributed by atoms with E-state index in [0.717, 1.165) is 6.42 Å². The zero-order valence-electron chi connectivity index (χ0n) is 13.2. The van der Waals surface area contributed by atoms with E-state index < -0.39 is 11.7 Å². The molecule has 5 heteroatoms. The molecule has 0 saturated heterocycles. The van der Waals surface area contributed by atoms with Crippen molar-refractivity contribution in [1.82, 2.24) is 0 Å². The van der Waals surface area contributed by atoms with Gasteiger partial charge in [0.1, 0.15) is 0 Å². The van der Waals surface area contributed by atoms with Crippen molar-refractivity contribution in [1.29, 1.82) is 0 Å². The summed E-state index contributed by atoms with van der Waals surface area (Å²) in [5.74, 6) is 0.438. The van der Waals surface area contributed by atoms with Crippen LogP contribution in [0.5, 0.6) is 0 Å². The fraction of sp³-hybridized carbons (Fsp3) is 0.625. The van der Waals surface area contributed by atoms with E-state index in [-0.39, 0.29) is 11.7 Å². The Labute approximate surface area is 125 Å². The number of nitrogens with zero attached hydrogens (tertiary/aromatic N) is 1. The lowest BCUT2D eigenvalue weighted by molar-refractivity contribution is -0.137. The number of hydrogen-bond donors (Lipinski definition) is 1. The van der Waals surface area contributed by atoms with Gasteiger partial charge in [0.25, 0.3) is 0 Å². The van der Waals surface area contributed by atoms with Gasteiger partial charge < -0.3 is 10.6 Å². The lowest BCUT2D eigenvalue weighted by Crippen LogP contribution is -2.32. The minimum Gasteiger partial charge on any atom is -0.371 e. The van der Waals surface area contributed by atoms with Crippen molar-refractivity contribution in [2.24, 2.45) is 11.7 Å². The molecule has 120 valence electrons. The second-order valence-corrected chi connectivity index (χ2v) is 5.98. The Morgan fingerprint density at radius 1 is 1.19 bits per heavy atom. The summed E-state index contributed by atoms with van der Waals surface area (Å²) in [5.41, 5.74) is 5.71. The topological polar surface area (TPSA) is 29.3 Å². The third-order valence-corrected chi connectivity index (χ3v) is 3.65. The van der Waals surface area contributed by atoms with E-state index in [1.54, 1.807) is 24.1 Å². The quantitative estimate of drug-likeness (QED) is 0.858. The van der Waals surface area contributed by atoms with E-state index in [9.17, 15) is 13.2 Å². The molecule has 0 aliphatic rings. The van der Waals surface area contributed by atoms with Crippen LogP contribution in [0.15, 0.2) is 18.2 Å². The summed E-state index contributed by atoms with van der Waals surface area (Å²) in [5, 5.41) is 0. The van der Waals surface area contributed by atoms with E-state index in [0.29, 0.717) is 24.4 Å². The van der Waals surface area contributed by atoms with Gasteiger partial charge in [0, 0.05) is 18.8 Å². The molecular weight excluding hydrogens is 277 g/mol. The average molecular weight is 302 g/mol. The van der Waals surface area contributed by atoms with Gasteiger partial charge in [-0.15, -0.1) is 0 Å². The number of nitrogens with two attached hydrogens (primary N) is 1. The Hall–Kier alpha value is -1.23. The number of alkyl halides is 3. The van der Waals surface area contributed by atoms with Crippen LogP contribution in [-0.2, 0) is 12.6 Å². The van der Waals surface area contributed by atoms with Gasteiger partial charge in [0.2, 0.25) is 0 Å². The summed E-state index contributed by atoms with van der Waals surface area (Å²) in [6.45, 7) is 6.43. The van der Waals surface area contributed by atoms with Crippen molar-refractivity contribution in [3.8, 4) is 0 Å². The zero-order valence-corrected chi connectivity index (χ0v) is 13.2. The van der Waals surface area contributed by atoms with Gasteiger partial charge in [-0.1, -0.05) is 19.9 Å². The molecule has 0 aromatic heterocycles. The van der Waals surface area contributed by atoms with Gasteiger partial charge in [-0.3, -0.25) is 0 Å². The van der Waals surface area contributed by atoms with Crippen LogP contribution in [0.25, 0.3) is 0 Å². The van der Waals surface area contributed by atoms with Crippen molar-refractivity contribution in [2.75, 3.05) is 18.5 Å². The fourth-order valence-corrected chi connectivity index (χ4v) is 2.52. The largest absolute Gasteiger partial charge is 0.418 e. The molecule has 1 aromatic carbocycles. The maximum atomic E-state index is 13.3. The summed E-state index contributed by atoms with van der Waals surface area (Å²) in [7, 11) is 1.72. The molecule has 21 heavy (non-hydrogen) atoms. The van der Waals surface area contributed by atoms with Crippen LogP contribution in [0.2, 0.25) is 0 Å². The highest BCUT2D eigenvalue weighted by Crippen LogP contribution is 2.38. The predicted molar refractivity (Wildman–Crippen MR) is 81.5 cm³/mol. The van der Waals surface area contributed by atoms with Crippen LogP contribution in [-0.4, -0.2) is 19.6 Å². The summed E-state index contributed by atoms with van der Waals surface area (Å²) in [6.07, 6.45) is -3.06. The highest BCUT2D eigenvalue weighted by molar-refractivity contribution is 5.56. The first-order valence-corrected chi connectivity index (χ1v) is 7.29. The zero-order chi connectivity index (χ0) is 16.2. The van der Waals surface area contributed by atoms with E-state index in [4.69, 9.17) is 5.73 Å². The first-order valence-electron chi connectivity index (χ1n) is 7.29. The molecule has 0 radical (unpaired) electrons. The molecule has 0 fully saturated rings. The van der Waals surface area contributed by atoms with Crippen molar-refractivity contribution in [3.05, 3.63) is 29.3 Å². The van der Waals surface area contributed by atoms with Crippen molar-refractivity contribution in [2.45, 2.75) is 45.8 Å². The van der Waals surface area contributed by atoms with Crippen LogP contribution in [0, 0.1) is 5.92 Å². The fourth-order valence-electron chi connectivity index (χ4n) is 2.52. The Morgan fingerprint density at radius 2 is 1.81 bits per heavy atom. The third kappa shape index (κ3) is 4.92. The molecule has 0 amide bonds. The minimum atomic E-state index is -4.36. The van der Waals surface area contributed by atoms with Gasteiger partial charge >= 0.3 is 6.18 Å². The molecular formula is C16H25F3N2. The molecule has 0 aliphatic heterocycles.